The molecule has 1 unspecified atom stereocenters. The Labute approximate surface area is 111 Å². The molecule has 2 atom stereocenters. The number of carbonyl (C=O) groups is 1. The number of furan rings is 1. The maximum Gasteiger partial charge on any atom is 0.164 e. The van der Waals surface area contributed by atoms with E-state index in [4.69, 9.17) is 4.42 Å². The minimum atomic E-state index is -1.45. The summed E-state index contributed by atoms with van der Waals surface area (Å²) in [6, 6.07) is 12.7. The Kier molecular flexibility index (Phi) is 4.49. The van der Waals surface area contributed by atoms with E-state index >= 15 is 0 Å². The highest BCUT2D eigenvalue weighted by Gasteiger charge is 2.26. The number of aliphatic hydroxyl groups is 2. The van der Waals surface area contributed by atoms with Gasteiger partial charge >= 0.3 is 0 Å². The zero-order valence-corrected chi connectivity index (χ0v) is 10.4. The Balaban J connectivity index is 1.89. The third-order valence-electron chi connectivity index (χ3n) is 2.97. The van der Waals surface area contributed by atoms with Gasteiger partial charge in [-0.2, -0.15) is 0 Å². The highest BCUT2D eigenvalue weighted by molar-refractivity contribution is 5.83. The van der Waals surface area contributed by atoms with Crippen LogP contribution in [-0.4, -0.2) is 22.1 Å². The second-order valence-corrected chi connectivity index (χ2v) is 4.36. The number of aliphatic hydroxyl groups excluding tert-OH is 2. The van der Waals surface area contributed by atoms with Crippen LogP contribution in [0.2, 0.25) is 0 Å². The lowest BCUT2D eigenvalue weighted by atomic mass is 10.0. The smallest absolute Gasteiger partial charge is 0.164 e. The molecule has 0 aliphatic rings. The van der Waals surface area contributed by atoms with Crippen molar-refractivity contribution in [2.75, 3.05) is 0 Å². The van der Waals surface area contributed by atoms with Crippen LogP contribution in [0.4, 0.5) is 0 Å². The number of Topliss-reactive ketones (excluding diaryl/α,β-unsaturated/α-hetero) is 1. The molecule has 0 radical (unpaired) electrons. The molecule has 1 heterocycles. The monoisotopic (exact) mass is 260 g/mol. The summed E-state index contributed by atoms with van der Waals surface area (Å²) in [5, 5.41) is 19.6. The Morgan fingerprint density at radius 2 is 1.84 bits per heavy atom. The van der Waals surface area contributed by atoms with Gasteiger partial charge in [-0.15, -0.1) is 0 Å². The summed E-state index contributed by atoms with van der Waals surface area (Å²) in [4.78, 5) is 11.8. The first-order valence-corrected chi connectivity index (χ1v) is 6.14. The van der Waals surface area contributed by atoms with Crippen molar-refractivity contribution in [2.45, 2.75) is 25.0 Å². The normalized spacial score (nSPS) is 14.0. The topological polar surface area (TPSA) is 70.7 Å². The quantitative estimate of drug-likeness (QED) is 0.832. The molecule has 0 amide bonds. The first kappa shape index (κ1) is 13.5. The van der Waals surface area contributed by atoms with Crippen molar-refractivity contribution >= 4 is 5.78 Å². The summed E-state index contributed by atoms with van der Waals surface area (Å²) < 4.78 is 4.97. The van der Waals surface area contributed by atoms with Gasteiger partial charge in [0, 0.05) is 6.42 Å². The molecule has 1 aromatic carbocycles. The summed E-state index contributed by atoms with van der Waals surface area (Å²) in [6.45, 7) is 0. The maximum atomic E-state index is 11.8. The maximum absolute atomic E-state index is 11.8. The number of carbonyl (C=O) groups excluding carboxylic acids is 1. The molecule has 2 aromatic rings. The molecule has 2 rings (SSSR count). The van der Waals surface area contributed by atoms with E-state index in [1.807, 2.05) is 30.3 Å². The number of rotatable bonds is 6. The number of benzene rings is 1. The lowest BCUT2D eigenvalue weighted by Crippen LogP contribution is -2.28. The minimum absolute atomic E-state index is 0.183. The molecule has 2 N–H and O–H groups in total. The van der Waals surface area contributed by atoms with Crippen molar-refractivity contribution in [1.29, 1.82) is 0 Å². The van der Waals surface area contributed by atoms with Crippen LogP contribution >= 0.6 is 0 Å². The molecule has 0 fully saturated rings. The van der Waals surface area contributed by atoms with E-state index in [-0.39, 0.29) is 12.2 Å². The van der Waals surface area contributed by atoms with E-state index in [0.29, 0.717) is 6.42 Å². The van der Waals surface area contributed by atoms with E-state index in [9.17, 15) is 15.0 Å². The van der Waals surface area contributed by atoms with Crippen LogP contribution in [0.5, 0.6) is 0 Å². The molecule has 100 valence electrons. The Bertz CT molecular complexity index is 504. The zero-order chi connectivity index (χ0) is 13.7. The molecular formula is C15H16O4. The van der Waals surface area contributed by atoms with Crippen LogP contribution in [0.25, 0.3) is 0 Å². The van der Waals surface area contributed by atoms with E-state index < -0.39 is 18.0 Å². The Morgan fingerprint density at radius 3 is 2.47 bits per heavy atom. The summed E-state index contributed by atoms with van der Waals surface area (Å²) in [5.41, 5.74) is 1.02. The SMILES string of the molecule is O=C(CCc1ccccc1)[C@H](O)C(O)c1ccco1. The van der Waals surface area contributed by atoms with Gasteiger partial charge in [0.1, 0.15) is 18.0 Å². The predicted octanol–water partition coefficient (Wildman–Crippen LogP) is 1.88. The number of hydrogen-bond donors (Lipinski definition) is 2. The van der Waals surface area contributed by atoms with Crippen LogP contribution in [-0.2, 0) is 11.2 Å². The third-order valence-corrected chi connectivity index (χ3v) is 2.97. The minimum Gasteiger partial charge on any atom is -0.466 e. The number of hydrogen-bond acceptors (Lipinski definition) is 4. The second-order valence-electron chi connectivity index (χ2n) is 4.36. The van der Waals surface area contributed by atoms with E-state index in [1.165, 1.54) is 12.3 Å². The lowest BCUT2D eigenvalue weighted by molar-refractivity contribution is -0.133. The number of aryl methyl sites for hydroxylation is 1. The van der Waals surface area contributed by atoms with Crippen LogP contribution in [0, 0.1) is 0 Å². The van der Waals surface area contributed by atoms with Gasteiger partial charge in [0.15, 0.2) is 5.78 Å². The van der Waals surface area contributed by atoms with Crippen molar-refractivity contribution < 1.29 is 19.4 Å². The molecule has 4 heteroatoms. The van der Waals surface area contributed by atoms with Crippen LogP contribution in [0.15, 0.2) is 53.1 Å². The fourth-order valence-electron chi connectivity index (χ4n) is 1.85. The van der Waals surface area contributed by atoms with Gasteiger partial charge in [-0.05, 0) is 24.1 Å². The average Bonchev–Trinajstić information content (AvgIpc) is 2.98. The third kappa shape index (κ3) is 3.53. The predicted molar refractivity (Wildman–Crippen MR) is 69.4 cm³/mol. The molecule has 4 nitrogen and oxygen atoms in total. The van der Waals surface area contributed by atoms with Crippen molar-refractivity contribution in [1.82, 2.24) is 0 Å². The van der Waals surface area contributed by atoms with Crippen LogP contribution in [0.3, 0.4) is 0 Å². The molecule has 0 aliphatic carbocycles. The Hall–Kier alpha value is -1.91. The van der Waals surface area contributed by atoms with Gasteiger partial charge in [0.2, 0.25) is 0 Å². The fraction of sp³-hybridized carbons (Fsp3) is 0.267. The average molecular weight is 260 g/mol. The van der Waals surface area contributed by atoms with Crippen LogP contribution < -0.4 is 0 Å². The molecule has 0 saturated carbocycles. The summed E-state index contributed by atoms with van der Waals surface area (Å²) in [5.74, 6) is -0.201. The van der Waals surface area contributed by atoms with Gasteiger partial charge in [-0.3, -0.25) is 4.79 Å². The largest absolute Gasteiger partial charge is 0.466 e. The van der Waals surface area contributed by atoms with Gasteiger partial charge in [-0.25, -0.2) is 0 Å². The van der Waals surface area contributed by atoms with Crippen molar-refractivity contribution in [3.8, 4) is 0 Å². The summed E-state index contributed by atoms with van der Waals surface area (Å²) in [7, 11) is 0. The number of ketones is 1. The fourth-order valence-corrected chi connectivity index (χ4v) is 1.85. The van der Waals surface area contributed by atoms with Gasteiger partial charge < -0.3 is 14.6 Å². The van der Waals surface area contributed by atoms with Gasteiger partial charge in [0.05, 0.1) is 6.26 Å². The first-order chi connectivity index (χ1) is 9.18. The second kappa shape index (κ2) is 6.31. The lowest BCUT2D eigenvalue weighted by Gasteiger charge is -2.14. The molecule has 0 saturated heterocycles. The standard InChI is InChI=1S/C15H16O4/c16-12(9-8-11-5-2-1-3-6-11)14(17)15(18)13-7-4-10-19-13/h1-7,10,14-15,17-18H,8-9H2/t14-,15?/m0/s1. The van der Waals surface area contributed by atoms with Gasteiger partial charge in [-0.1, -0.05) is 30.3 Å². The van der Waals surface area contributed by atoms with Crippen molar-refractivity contribution in [3.63, 3.8) is 0 Å². The Morgan fingerprint density at radius 1 is 1.11 bits per heavy atom. The molecule has 1 aromatic heterocycles. The van der Waals surface area contributed by atoms with E-state index in [1.54, 1.807) is 6.07 Å². The van der Waals surface area contributed by atoms with Crippen molar-refractivity contribution in [3.05, 3.63) is 60.1 Å². The van der Waals surface area contributed by atoms with Crippen LogP contribution in [0.1, 0.15) is 23.8 Å². The molecular weight excluding hydrogens is 244 g/mol. The summed E-state index contributed by atoms with van der Waals surface area (Å²) in [6.07, 6.45) is -0.641. The highest BCUT2D eigenvalue weighted by atomic mass is 16.4. The van der Waals surface area contributed by atoms with Crippen molar-refractivity contribution in [2.24, 2.45) is 0 Å². The van der Waals surface area contributed by atoms with Gasteiger partial charge in [0.25, 0.3) is 0 Å². The summed E-state index contributed by atoms with van der Waals surface area (Å²) >= 11 is 0. The molecule has 19 heavy (non-hydrogen) atoms. The first-order valence-electron chi connectivity index (χ1n) is 6.14. The van der Waals surface area contributed by atoms with E-state index in [2.05, 4.69) is 0 Å². The molecule has 0 bridgehead atoms. The molecule has 0 spiro atoms. The highest BCUT2D eigenvalue weighted by Crippen LogP contribution is 2.19. The molecule has 0 aliphatic heterocycles. The zero-order valence-electron chi connectivity index (χ0n) is 10.4. The van der Waals surface area contributed by atoms with E-state index in [0.717, 1.165) is 5.56 Å².